The topological polar surface area (TPSA) is 33.9 Å². The molecule has 3 heterocycles. The van der Waals surface area contributed by atoms with Crippen molar-refractivity contribution in [2.45, 2.75) is 0 Å². The summed E-state index contributed by atoms with van der Waals surface area (Å²) in [6, 6.07) is 45.4. The molecule has 3 heteroatoms. The first kappa shape index (κ1) is 20.7. The van der Waals surface area contributed by atoms with E-state index in [1.165, 1.54) is 32.6 Å². The first-order chi connectivity index (χ1) is 19.3. The fourth-order valence-electron chi connectivity index (χ4n) is 6.36. The summed E-state index contributed by atoms with van der Waals surface area (Å²) in [5.41, 5.74) is 9.86. The number of aromatic amines is 1. The van der Waals surface area contributed by atoms with E-state index < -0.39 is 0 Å². The summed E-state index contributed by atoms with van der Waals surface area (Å²) >= 11 is 0. The average molecular weight is 499 g/mol. The Morgan fingerprint density at radius 2 is 1.23 bits per heavy atom. The summed E-state index contributed by atoms with van der Waals surface area (Å²) in [4.78, 5) is 3.65. The van der Waals surface area contributed by atoms with Gasteiger partial charge in [-0.05, 0) is 48.0 Å². The van der Waals surface area contributed by atoms with Crippen LogP contribution in [-0.4, -0.2) is 9.55 Å². The largest absolute Gasteiger partial charge is 0.455 e. The van der Waals surface area contributed by atoms with Crippen LogP contribution in [0.15, 0.2) is 132 Å². The molecule has 0 atom stereocenters. The van der Waals surface area contributed by atoms with Crippen molar-refractivity contribution in [3.63, 3.8) is 0 Å². The van der Waals surface area contributed by atoms with Crippen LogP contribution in [0.1, 0.15) is 0 Å². The summed E-state index contributed by atoms with van der Waals surface area (Å²) in [6.45, 7) is 0. The Hall–Kier alpha value is -5.28. The van der Waals surface area contributed by atoms with Gasteiger partial charge in [-0.1, -0.05) is 84.9 Å². The number of nitrogens with one attached hydrogen (secondary N) is 1. The molecule has 39 heavy (non-hydrogen) atoms. The zero-order chi connectivity index (χ0) is 25.5. The molecule has 6 aromatic carbocycles. The summed E-state index contributed by atoms with van der Waals surface area (Å²) < 4.78 is 8.87. The van der Waals surface area contributed by atoms with Gasteiger partial charge in [0.15, 0.2) is 0 Å². The van der Waals surface area contributed by atoms with E-state index in [-0.39, 0.29) is 0 Å². The Bertz CT molecular complexity index is 2390. The second-order valence-corrected chi connectivity index (χ2v) is 10.3. The number of furan rings is 1. The highest BCUT2D eigenvalue weighted by atomic mass is 16.3. The number of hydrogen-bond acceptors (Lipinski definition) is 1. The Morgan fingerprint density at radius 1 is 0.487 bits per heavy atom. The lowest BCUT2D eigenvalue weighted by atomic mass is 10.0. The number of hydrogen-bond donors (Lipinski definition) is 1. The Balaban J connectivity index is 1.45. The minimum atomic E-state index is 0.906. The van der Waals surface area contributed by atoms with Gasteiger partial charge in [0, 0.05) is 54.6 Å². The van der Waals surface area contributed by atoms with Gasteiger partial charge >= 0.3 is 0 Å². The van der Waals surface area contributed by atoms with E-state index in [0.717, 1.165) is 49.8 Å². The van der Waals surface area contributed by atoms with Crippen LogP contribution < -0.4 is 0 Å². The van der Waals surface area contributed by atoms with Gasteiger partial charge in [-0.15, -0.1) is 0 Å². The van der Waals surface area contributed by atoms with Crippen molar-refractivity contribution in [1.82, 2.24) is 9.55 Å². The SMILES string of the molecule is c1ccc(-c2cc(-n3c4ccccc4c4cc5c(cc43)[nH]c3ccccc35)cc3c2oc2ccccc23)cc1. The van der Waals surface area contributed by atoms with Gasteiger partial charge in [0.05, 0.1) is 11.0 Å². The highest BCUT2D eigenvalue weighted by molar-refractivity contribution is 6.19. The van der Waals surface area contributed by atoms with E-state index in [1.54, 1.807) is 0 Å². The second-order valence-electron chi connectivity index (χ2n) is 10.3. The molecule has 0 fully saturated rings. The monoisotopic (exact) mass is 498 g/mol. The minimum absolute atomic E-state index is 0.906. The molecule has 9 rings (SSSR count). The summed E-state index contributed by atoms with van der Waals surface area (Å²) in [7, 11) is 0. The van der Waals surface area contributed by atoms with Crippen molar-refractivity contribution in [3.8, 4) is 16.8 Å². The number of nitrogens with zero attached hydrogens (tertiary/aromatic N) is 1. The highest BCUT2D eigenvalue weighted by Gasteiger charge is 2.19. The average Bonchev–Trinajstić information content (AvgIpc) is 3.65. The van der Waals surface area contributed by atoms with Gasteiger partial charge in [-0.2, -0.15) is 0 Å². The number of H-pyrrole nitrogens is 1. The molecular formula is C36H22N2O. The normalized spacial score (nSPS) is 12.1. The number of aromatic nitrogens is 2. The van der Waals surface area contributed by atoms with Crippen LogP contribution in [0.25, 0.3) is 82.4 Å². The third-order valence-electron chi connectivity index (χ3n) is 8.10. The summed E-state index contributed by atoms with van der Waals surface area (Å²) in [6.07, 6.45) is 0. The van der Waals surface area contributed by atoms with Crippen molar-refractivity contribution in [2.75, 3.05) is 0 Å². The van der Waals surface area contributed by atoms with Gasteiger partial charge in [0.2, 0.25) is 0 Å². The highest BCUT2D eigenvalue weighted by Crippen LogP contribution is 2.41. The number of rotatable bonds is 2. The standard InChI is InChI=1S/C36H22N2O/c1-2-10-22(11-3-1)27-18-23(19-30-26-14-6-9-17-35(26)39-36(27)30)38-33-16-8-5-13-25(33)29-20-28-24-12-4-7-15-31(24)37-32(28)21-34(29)38/h1-21,37H. The first-order valence-corrected chi connectivity index (χ1v) is 13.3. The maximum Gasteiger partial charge on any atom is 0.143 e. The molecule has 0 bridgehead atoms. The minimum Gasteiger partial charge on any atom is -0.455 e. The molecular weight excluding hydrogens is 476 g/mol. The molecule has 0 saturated carbocycles. The fourth-order valence-corrected chi connectivity index (χ4v) is 6.36. The van der Waals surface area contributed by atoms with Gasteiger partial charge in [-0.3, -0.25) is 0 Å². The molecule has 0 radical (unpaired) electrons. The third kappa shape index (κ3) is 2.87. The Kier molecular flexibility index (Phi) is 4.05. The van der Waals surface area contributed by atoms with Crippen molar-refractivity contribution < 1.29 is 4.42 Å². The van der Waals surface area contributed by atoms with Gasteiger partial charge < -0.3 is 14.0 Å². The lowest BCUT2D eigenvalue weighted by Crippen LogP contribution is -1.95. The van der Waals surface area contributed by atoms with Crippen molar-refractivity contribution in [2.24, 2.45) is 0 Å². The molecule has 0 amide bonds. The molecule has 182 valence electrons. The van der Waals surface area contributed by atoms with Gasteiger partial charge in [0.25, 0.3) is 0 Å². The van der Waals surface area contributed by atoms with Crippen molar-refractivity contribution >= 4 is 65.6 Å². The zero-order valence-electron chi connectivity index (χ0n) is 21.0. The third-order valence-corrected chi connectivity index (χ3v) is 8.10. The molecule has 3 nitrogen and oxygen atoms in total. The van der Waals surface area contributed by atoms with Crippen molar-refractivity contribution in [1.29, 1.82) is 0 Å². The van der Waals surface area contributed by atoms with Crippen LogP contribution >= 0.6 is 0 Å². The van der Waals surface area contributed by atoms with Crippen LogP contribution in [0, 0.1) is 0 Å². The summed E-state index contributed by atoms with van der Waals surface area (Å²) in [5, 5.41) is 7.26. The Labute approximate surface area is 223 Å². The number of para-hydroxylation sites is 3. The quantitative estimate of drug-likeness (QED) is 0.253. The maximum absolute atomic E-state index is 6.46. The summed E-state index contributed by atoms with van der Waals surface area (Å²) in [5.74, 6) is 0. The van der Waals surface area contributed by atoms with Crippen molar-refractivity contribution in [3.05, 3.63) is 127 Å². The van der Waals surface area contributed by atoms with Crippen LogP contribution in [0.5, 0.6) is 0 Å². The van der Waals surface area contributed by atoms with Crippen LogP contribution in [0.2, 0.25) is 0 Å². The van der Waals surface area contributed by atoms with Crippen LogP contribution in [0.4, 0.5) is 0 Å². The van der Waals surface area contributed by atoms with Gasteiger partial charge in [0.1, 0.15) is 11.2 Å². The predicted molar refractivity (Wildman–Crippen MR) is 163 cm³/mol. The molecule has 0 unspecified atom stereocenters. The lowest BCUT2D eigenvalue weighted by molar-refractivity contribution is 0.670. The maximum atomic E-state index is 6.46. The fraction of sp³-hybridized carbons (Fsp3) is 0. The van der Waals surface area contributed by atoms with Crippen LogP contribution in [0.3, 0.4) is 0 Å². The molecule has 0 aliphatic rings. The number of fused-ring (bicyclic) bond motifs is 9. The molecule has 9 aromatic rings. The van der Waals surface area contributed by atoms with E-state index in [1.807, 2.05) is 6.07 Å². The molecule has 0 spiro atoms. The molecule has 1 N–H and O–H groups in total. The smallest absolute Gasteiger partial charge is 0.143 e. The van der Waals surface area contributed by atoms with Crippen LogP contribution in [-0.2, 0) is 0 Å². The first-order valence-electron chi connectivity index (χ1n) is 13.3. The lowest BCUT2D eigenvalue weighted by Gasteiger charge is -2.12. The molecule has 0 saturated heterocycles. The molecule has 0 aliphatic carbocycles. The van der Waals surface area contributed by atoms with E-state index in [0.29, 0.717) is 0 Å². The molecule has 3 aromatic heterocycles. The van der Waals surface area contributed by atoms with E-state index in [2.05, 4.69) is 131 Å². The van der Waals surface area contributed by atoms with E-state index in [4.69, 9.17) is 4.42 Å². The van der Waals surface area contributed by atoms with E-state index in [9.17, 15) is 0 Å². The molecule has 0 aliphatic heterocycles. The predicted octanol–water partition coefficient (Wildman–Crippen LogP) is 9.98. The number of benzene rings is 6. The van der Waals surface area contributed by atoms with Gasteiger partial charge in [-0.25, -0.2) is 0 Å². The second kappa shape index (κ2) is 7.62. The Morgan fingerprint density at radius 3 is 2.13 bits per heavy atom. The zero-order valence-corrected chi connectivity index (χ0v) is 21.0. The van der Waals surface area contributed by atoms with E-state index >= 15 is 0 Å².